The molecule has 1 unspecified atom stereocenters. The van der Waals surface area contributed by atoms with E-state index in [0.29, 0.717) is 5.41 Å². The molecule has 0 bridgehead atoms. The average Bonchev–Trinajstić information content (AvgIpc) is 2.22. The summed E-state index contributed by atoms with van der Waals surface area (Å²) >= 11 is 2.11. The Labute approximate surface area is 98.2 Å². The second-order valence-corrected chi connectivity index (χ2v) is 6.60. The minimum atomic E-state index is 0.571. The molecule has 0 saturated carbocycles. The van der Waals surface area contributed by atoms with E-state index in [1.54, 1.807) is 0 Å². The zero-order chi connectivity index (χ0) is 10.7. The molecule has 88 valence electrons. The Morgan fingerprint density at radius 3 is 2.80 bits per heavy atom. The van der Waals surface area contributed by atoms with E-state index in [4.69, 9.17) is 0 Å². The second-order valence-electron chi connectivity index (χ2n) is 5.46. The summed E-state index contributed by atoms with van der Waals surface area (Å²) in [6.45, 7) is 9.91. The van der Waals surface area contributed by atoms with E-state index in [-0.39, 0.29) is 0 Å². The monoisotopic (exact) mass is 228 g/mol. The van der Waals surface area contributed by atoms with Crippen molar-refractivity contribution < 1.29 is 0 Å². The largest absolute Gasteiger partial charge is 0.317 e. The van der Waals surface area contributed by atoms with Crippen LogP contribution < -0.4 is 5.32 Å². The van der Waals surface area contributed by atoms with Crippen molar-refractivity contribution in [2.75, 3.05) is 37.7 Å². The third kappa shape index (κ3) is 3.11. The van der Waals surface area contributed by atoms with Gasteiger partial charge in [0.05, 0.1) is 0 Å². The fraction of sp³-hybridized carbons (Fsp3) is 1.00. The first kappa shape index (κ1) is 11.7. The van der Waals surface area contributed by atoms with Crippen molar-refractivity contribution in [1.82, 2.24) is 10.2 Å². The van der Waals surface area contributed by atoms with E-state index in [1.807, 2.05) is 0 Å². The van der Waals surface area contributed by atoms with E-state index >= 15 is 0 Å². The van der Waals surface area contributed by atoms with Gasteiger partial charge in [0.1, 0.15) is 0 Å². The van der Waals surface area contributed by atoms with Crippen LogP contribution in [0.3, 0.4) is 0 Å². The van der Waals surface area contributed by atoms with Crippen molar-refractivity contribution in [3.05, 3.63) is 0 Å². The van der Waals surface area contributed by atoms with Gasteiger partial charge in [-0.05, 0) is 38.3 Å². The molecule has 1 atom stereocenters. The quantitative estimate of drug-likeness (QED) is 0.776. The number of nitrogens with one attached hydrogen (secondary N) is 1. The molecule has 2 saturated heterocycles. The highest BCUT2D eigenvalue weighted by Gasteiger charge is 2.31. The number of thioether (sulfide) groups is 1. The summed E-state index contributed by atoms with van der Waals surface area (Å²) in [5.74, 6) is 2.66. The Morgan fingerprint density at radius 1 is 1.40 bits per heavy atom. The lowest BCUT2D eigenvalue weighted by atomic mass is 9.80. The van der Waals surface area contributed by atoms with E-state index in [0.717, 1.165) is 6.04 Å². The lowest BCUT2D eigenvalue weighted by Crippen LogP contribution is -2.48. The van der Waals surface area contributed by atoms with Gasteiger partial charge in [-0.15, -0.1) is 0 Å². The fourth-order valence-corrected chi connectivity index (χ4v) is 3.76. The predicted octanol–water partition coefficient (Wildman–Crippen LogP) is 1.81. The van der Waals surface area contributed by atoms with Crippen LogP contribution in [0.2, 0.25) is 0 Å². The molecule has 3 heteroatoms. The maximum absolute atomic E-state index is 3.47. The molecule has 0 aliphatic carbocycles. The molecule has 15 heavy (non-hydrogen) atoms. The van der Waals surface area contributed by atoms with Gasteiger partial charge in [0.2, 0.25) is 0 Å². The van der Waals surface area contributed by atoms with E-state index < -0.39 is 0 Å². The second kappa shape index (κ2) is 5.07. The highest BCUT2D eigenvalue weighted by atomic mass is 32.2. The van der Waals surface area contributed by atoms with Gasteiger partial charge in [0.15, 0.2) is 0 Å². The molecule has 1 N–H and O–H groups in total. The number of hydrogen-bond donors (Lipinski definition) is 1. The zero-order valence-electron chi connectivity index (χ0n) is 10.1. The van der Waals surface area contributed by atoms with Gasteiger partial charge in [-0.2, -0.15) is 11.8 Å². The molecule has 2 fully saturated rings. The number of hydrogen-bond acceptors (Lipinski definition) is 3. The first-order chi connectivity index (χ1) is 7.20. The van der Waals surface area contributed by atoms with Crippen molar-refractivity contribution >= 4 is 11.8 Å². The number of rotatable bonds is 2. The molecule has 0 radical (unpaired) electrons. The lowest BCUT2D eigenvalue weighted by molar-refractivity contribution is 0.110. The van der Waals surface area contributed by atoms with Crippen molar-refractivity contribution in [3.63, 3.8) is 0 Å². The first-order valence-corrected chi connectivity index (χ1v) is 7.38. The first-order valence-electron chi connectivity index (χ1n) is 6.22. The van der Waals surface area contributed by atoms with Crippen molar-refractivity contribution in [2.45, 2.75) is 32.7 Å². The molecule has 2 heterocycles. The summed E-state index contributed by atoms with van der Waals surface area (Å²) in [4.78, 5) is 2.71. The van der Waals surface area contributed by atoms with Gasteiger partial charge < -0.3 is 5.32 Å². The van der Waals surface area contributed by atoms with E-state index in [9.17, 15) is 0 Å². The zero-order valence-corrected chi connectivity index (χ0v) is 10.9. The molecule has 0 amide bonds. The minimum absolute atomic E-state index is 0.571. The van der Waals surface area contributed by atoms with Gasteiger partial charge in [-0.3, -0.25) is 4.90 Å². The number of nitrogens with zero attached hydrogens (tertiary/aromatic N) is 1. The normalized spacial score (nSPS) is 32.8. The SMILES string of the molecule is CC1CSCCN1CC1(C)CCNCC1. The maximum atomic E-state index is 3.47. The molecular weight excluding hydrogens is 204 g/mol. The van der Waals surface area contributed by atoms with Crippen LogP contribution in [0, 0.1) is 5.41 Å². The van der Waals surface area contributed by atoms with Crippen LogP contribution in [0.25, 0.3) is 0 Å². The molecule has 2 nitrogen and oxygen atoms in total. The summed E-state index contributed by atoms with van der Waals surface area (Å²) in [6.07, 6.45) is 2.70. The van der Waals surface area contributed by atoms with Crippen LogP contribution in [0.5, 0.6) is 0 Å². The predicted molar refractivity (Wildman–Crippen MR) is 68.6 cm³/mol. The third-order valence-electron chi connectivity index (χ3n) is 3.90. The molecule has 0 spiro atoms. The standard InChI is InChI=1S/C12H24N2S/c1-11-9-15-8-7-14(11)10-12(2)3-5-13-6-4-12/h11,13H,3-10H2,1-2H3. The van der Waals surface area contributed by atoms with E-state index in [2.05, 4.69) is 35.8 Å². The third-order valence-corrected chi connectivity index (χ3v) is 5.09. The summed E-state index contributed by atoms with van der Waals surface area (Å²) in [6, 6.07) is 0.787. The highest BCUT2D eigenvalue weighted by molar-refractivity contribution is 7.99. The topological polar surface area (TPSA) is 15.3 Å². The lowest BCUT2D eigenvalue weighted by Gasteiger charge is -2.42. The van der Waals surface area contributed by atoms with Gasteiger partial charge in [0.25, 0.3) is 0 Å². The fourth-order valence-electron chi connectivity index (χ4n) is 2.68. The van der Waals surface area contributed by atoms with Gasteiger partial charge in [-0.1, -0.05) is 6.92 Å². The maximum Gasteiger partial charge on any atom is 0.0158 e. The van der Waals surface area contributed by atoms with Gasteiger partial charge in [0, 0.05) is 30.6 Å². The van der Waals surface area contributed by atoms with Crippen LogP contribution in [0.4, 0.5) is 0 Å². The molecule has 0 aromatic rings. The van der Waals surface area contributed by atoms with Crippen LogP contribution in [-0.4, -0.2) is 48.6 Å². The molecule has 2 aliphatic heterocycles. The summed E-state index contributed by atoms with van der Waals surface area (Å²) in [7, 11) is 0. The summed E-state index contributed by atoms with van der Waals surface area (Å²) in [5, 5.41) is 3.47. The molecule has 0 aromatic heterocycles. The Balaban J connectivity index is 1.88. The van der Waals surface area contributed by atoms with Crippen LogP contribution >= 0.6 is 11.8 Å². The minimum Gasteiger partial charge on any atom is -0.317 e. The van der Waals surface area contributed by atoms with Crippen LogP contribution in [0.1, 0.15) is 26.7 Å². The van der Waals surface area contributed by atoms with Crippen molar-refractivity contribution in [2.24, 2.45) is 5.41 Å². The van der Waals surface area contributed by atoms with Crippen molar-refractivity contribution in [1.29, 1.82) is 0 Å². The Morgan fingerprint density at radius 2 is 2.13 bits per heavy atom. The highest BCUT2D eigenvalue weighted by Crippen LogP contribution is 2.31. The van der Waals surface area contributed by atoms with E-state index in [1.165, 1.54) is 50.5 Å². The Kier molecular flexibility index (Phi) is 3.97. The van der Waals surface area contributed by atoms with Crippen molar-refractivity contribution in [3.8, 4) is 0 Å². The Bertz CT molecular complexity index is 202. The summed E-state index contributed by atoms with van der Waals surface area (Å²) in [5.41, 5.74) is 0.571. The Hall–Kier alpha value is 0.270. The summed E-state index contributed by atoms with van der Waals surface area (Å²) < 4.78 is 0. The smallest absolute Gasteiger partial charge is 0.0158 e. The van der Waals surface area contributed by atoms with Crippen LogP contribution in [0.15, 0.2) is 0 Å². The molecule has 2 aliphatic rings. The van der Waals surface area contributed by atoms with Crippen LogP contribution in [-0.2, 0) is 0 Å². The number of piperidine rings is 1. The molecule has 0 aromatic carbocycles. The molecule has 2 rings (SSSR count). The average molecular weight is 228 g/mol. The van der Waals surface area contributed by atoms with Gasteiger partial charge >= 0.3 is 0 Å². The molecular formula is C12H24N2S. The van der Waals surface area contributed by atoms with Gasteiger partial charge in [-0.25, -0.2) is 0 Å².